The minimum absolute atomic E-state index is 0.355. The number of nitrogens with zero attached hydrogens (tertiary/aromatic N) is 5. The fourth-order valence-corrected chi connectivity index (χ4v) is 1.81. The number of aromatic nitrogens is 5. The van der Waals surface area contributed by atoms with E-state index < -0.39 is 0 Å². The molecule has 0 unspecified atom stereocenters. The lowest BCUT2D eigenvalue weighted by atomic mass is 10.4. The molecule has 0 aromatic carbocycles. The number of rotatable bonds is 7. The van der Waals surface area contributed by atoms with Crippen molar-refractivity contribution >= 4 is 17.4 Å². The van der Waals surface area contributed by atoms with Gasteiger partial charge in [0.2, 0.25) is 0 Å². The Morgan fingerprint density at radius 2 is 2.20 bits per heavy atom. The number of aryl methyl sites for hydroxylation is 1. The van der Waals surface area contributed by atoms with E-state index in [-0.39, 0.29) is 0 Å². The molecular formula is C12H17ClN6O. The number of anilines is 1. The first-order chi connectivity index (χ1) is 9.67. The standard InChI is InChI=1S/C12H17ClN6O/c1-3-20-7-12-16-9(13)6-11(17-12)14-5-4-10-15-8-19(2)18-10/h6,8H,3-5,7H2,1-2H3,(H,14,16,17). The van der Waals surface area contributed by atoms with Crippen LogP contribution in [0.3, 0.4) is 0 Å². The summed E-state index contributed by atoms with van der Waals surface area (Å²) in [4.78, 5) is 12.6. The molecule has 0 aliphatic rings. The largest absolute Gasteiger partial charge is 0.374 e. The second-order valence-electron chi connectivity index (χ2n) is 4.14. The summed E-state index contributed by atoms with van der Waals surface area (Å²) in [6.07, 6.45) is 2.39. The van der Waals surface area contributed by atoms with Gasteiger partial charge in [0, 0.05) is 32.7 Å². The average molecular weight is 297 g/mol. The van der Waals surface area contributed by atoms with Gasteiger partial charge in [0.1, 0.15) is 23.9 Å². The van der Waals surface area contributed by atoms with E-state index in [1.807, 2.05) is 14.0 Å². The molecule has 8 heteroatoms. The maximum Gasteiger partial charge on any atom is 0.158 e. The van der Waals surface area contributed by atoms with Gasteiger partial charge in [0.05, 0.1) is 0 Å². The number of nitrogens with one attached hydrogen (secondary N) is 1. The SMILES string of the molecule is CCOCc1nc(Cl)cc(NCCc2ncn(C)n2)n1. The summed E-state index contributed by atoms with van der Waals surface area (Å²) < 4.78 is 6.95. The first-order valence-electron chi connectivity index (χ1n) is 6.37. The quantitative estimate of drug-likeness (QED) is 0.779. The summed E-state index contributed by atoms with van der Waals surface area (Å²) >= 11 is 5.95. The number of halogens is 1. The molecule has 0 radical (unpaired) electrons. The number of hydrogen-bond acceptors (Lipinski definition) is 6. The molecular weight excluding hydrogens is 280 g/mol. The highest BCUT2D eigenvalue weighted by atomic mass is 35.5. The van der Waals surface area contributed by atoms with Crippen LogP contribution in [0.5, 0.6) is 0 Å². The zero-order chi connectivity index (χ0) is 14.4. The Kier molecular flexibility index (Phi) is 5.25. The summed E-state index contributed by atoms with van der Waals surface area (Å²) in [5, 5.41) is 7.78. The summed E-state index contributed by atoms with van der Waals surface area (Å²) in [7, 11) is 1.84. The van der Waals surface area contributed by atoms with Crippen molar-refractivity contribution < 1.29 is 4.74 Å². The van der Waals surface area contributed by atoms with Crippen LogP contribution in [0.4, 0.5) is 5.82 Å². The Morgan fingerprint density at radius 3 is 2.90 bits per heavy atom. The van der Waals surface area contributed by atoms with Crippen LogP contribution in [0.15, 0.2) is 12.4 Å². The highest BCUT2D eigenvalue weighted by molar-refractivity contribution is 6.29. The predicted octanol–water partition coefficient (Wildman–Crippen LogP) is 1.45. The van der Waals surface area contributed by atoms with Gasteiger partial charge in [-0.15, -0.1) is 0 Å². The second-order valence-corrected chi connectivity index (χ2v) is 4.53. The van der Waals surface area contributed by atoms with Gasteiger partial charge in [0.25, 0.3) is 0 Å². The molecule has 2 heterocycles. The Bertz CT molecular complexity index is 559. The van der Waals surface area contributed by atoms with Gasteiger partial charge >= 0.3 is 0 Å². The van der Waals surface area contributed by atoms with Crippen molar-refractivity contribution in [1.29, 1.82) is 0 Å². The van der Waals surface area contributed by atoms with Gasteiger partial charge < -0.3 is 10.1 Å². The lowest BCUT2D eigenvalue weighted by Crippen LogP contribution is -2.10. The van der Waals surface area contributed by atoms with Crippen molar-refractivity contribution in [3.8, 4) is 0 Å². The maximum absolute atomic E-state index is 5.95. The molecule has 108 valence electrons. The summed E-state index contributed by atoms with van der Waals surface area (Å²) in [5.41, 5.74) is 0. The first kappa shape index (κ1) is 14.7. The zero-order valence-corrected chi connectivity index (χ0v) is 12.3. The summed E-state index contributed by atoms with van der Waals surface area (Å²) in [6.45, 7) is 3.56. The number of ether oxygens (including phenoxy) is 1. The zero-order valence-electron chi connectivity index (χ0n) is 11.5. The van der Waals surface area contributed by atoms with E-state index in [9.17, 15) is 0 Å². The molecule has 0 fully saturated rings. The van der Waals surface area contributed by atoms with Crippen molar-refractivity contribution in [2.45, 2.75) is 20.0 Å². The second kappa shape index (κ2) is 7.16. The van der Waals surface area contributed by atoms with Crippen molar-refractivity contribution in [3.05, 3.63) is 29.2 Å². The molecule has 1 N–H and O–H groups in total. The Hall–Kier alpha value is -1.73. The van der Waals surface area contributed by atoms with Gasteiger partial charge in [-0.2, -0.15) is 5.10 Å². The van der Waals surface area contributed by atoms with Crippen molar-refractivity contribution in [3.63, 3.8) is 0 Å². The van der Waals surface area contributed by atoms with Crippen LogP contribution in [0, 0.1) is 0 Å². The molecule has 0 saturated heterocycles. The third-order valence-electron chi connectivity index (χ3n) is 2.48. The monoisotopic (exact) mass is 296 g/mol. The average Bonchev–Trinajstić information content (AvgIpc) is 2.81. The molecule has 7 nitrogen and oxygen atoms in total. The minimum Gasteiger partial charge on any atom is -0.374 e. The first-order valence-corrected chi connectivity index (χ1v) is 6.74. The molecule has 2 rings (SSSR count). The van der Waals surface area contributed by atoms with Gasteiger partial charge in [-0.1, -0.05) is 11.6 Å². The van der Waals surface area contributed by atoms with E-state index in [0.29, 0.717) is 43.0 Å². The van der Waals surface area contributed by atoms with E-state index >= 15 is 0 Å². The van der Waals surface area contributed by atoms with Gasteiger partial charge in [-0.3, -0.25) is 4.68 Å². The van der Waals surface area contributed by atoms with Gasteiger partial charge in [0.15, 0.2) is 11.6 Å². The fraction of sp³-hybridized carbons (Fsp3) is 0.500. The molecule has 2 aromatic rings. The van der Waals surface area contributed by atoms with Gasteiger partial charge in [-0.25, -0.2) is 15.0 Å². The molecule has 0 bridgehead atoms. The Morgan fingerprint density at radius 1 is 1.35 bits per heavy atom. The Balaban J connectivity index is 1.89. The Labute approximate surface area is 122 Å². The molecule has 0 amide bonds. The minimum atomic E-state index is 0.355. The van der Waals surface area contributed by atoms with Crippen LogP contribution >= 0.6 is 11.6 Å². The summed E-state index contributed by atoms with van der Waals surface area (Å²) in [6, 6.07) is 1.68. The molecule has 20 heavy (non-hydrogen) atoms. The van der Waals surface area contributed by atoms with E-state index in [0.717, 1.165) is 5.82 Å². The van der Waals surface area contributed by atoms with E-state index in [1.54, 1.807) is 17.1 Å². The fourth-order valence-electron chi connectivity index (χ4n) is 1.61. The van der Waals surface area contributed by atoms with Crippen LogP contribution in [-0.4, -0.2) is 37.9 Å². The molecule has 0 aliphatic heterocycles. The van der Waals surface area contributed by atoms with Crippen LogP contribution in [0.1, 0.15) is 18.6 Å². The third kappa shape index (κ3) is 4.43. The molecule has 0 atom stereocenters. The molecule has 0 saturated carbocycles. The van der Waals surface area contributed by atoms with Crippen LogP contribution in [0.25, 0.3) is 0 Å². The number of hydrogen-bond donors (Lipinski definition) is 1. The smallest absolute Gasteiger partial charge is 0.158 e. The maximum atomic E-state index is 5.95. The molecule has 0 spiro atoms. The van der Waals surface area contributed by atoms with Gasteiger partial charge in [-0.05, 0) is 6.92 Å². The van der Waals surface area contributed by atoms with Crippen molar-refractivity contribution in [1.82, 2.24) is 24.7 Å². The van der Waals surface area contributed by atoms with E-state index in [1.165, 1.54) is 0 Å². The molecule has 2 aromatic heterocycles. The van der Waals surface area contributed by atoms with E-state index in [2.05, 4.69) is 25.4 Å². The summed E-state index contributed by atoms with van der Waals surface area (Å²) in [5.74, 6) is 2.03. The third-order valence-corrected chi connectivity index (χ3v) is 2.67. The lowest BCUT2D eigenvalue weighted by Gasteiger charge is -2.07. The van der Waals surface area contributed by atoms with E-state index in [4.69, 9.17) is 16.3 Å². The lowest BCUT2D eigenvalue weighted by molar-refractivity contribution is 0.128. The van der Waals surface area contributed by atoms with Crippen molar-refractivity contribution in [2.24, 2.45) is 7.05 Å². The highest BCUT2D eigenvalue weighted by Gasteiger charge is 2.04. The van der Waals surface area contributed by atoms with Crippen LogP contribution in [0.2, 0.25) is 5.15 Å². The normalized spacial score (nSPS) is 10.8. The topological polar surface area (TPSA) is 77.8 Å². The highest BCUT2D eigenvalue weighted by Crippen LogP contribution is 2.12. The van der Waals surface area contributed by atoms with Crippen LogP contribution in [-0.2, 0) is 24.8 Å². The predicted molar refractivity (Wildman–Crippen MR) is 75.6 cm³/mol. The van der Waals surface area contributed by atoms with Crippen molar-refractivity contribution in [2.75, 3.05) is 18.5 Å². The van der Waals surface area contributed by atoms with Crippen LogP contribution < -0.4 is 5.32 Å². The molecule has 0 aliphatic carbocycles.